The Morgan fingerprint density at radius 3 is 2.32 bits per heavy atom. The summed E-state index contributed by atoms with van der Waals surface area (Å²) >= 11 is 0. The normalized spacial score (nSPS) is 24.8. The molecule has 0 heterocycles. The van der Waals surface area contributed by atoms with Crippen molar-refractivity contribution in [2.45, 2.75) is 130 Å². The topological polar surface area (TPSA) is 0 Å². The van der Waals surface area contributed by atoms with Crippen LogP contribution in [0.4, 0.5) is 0 Å². The van der Waals surface area contributed by atoms with Gasteiger partial charge in [0.05, 0.1) is 0 Å². The first-order chi connectivity index (χ1) is 13.8. The fourth-order valence-corrected chi connectivity index (χ4v) is 6.04. The molecule has 0 saturated carbocycles. The highest BCUT2D eigenvalue weighted by Gasteiger charge is 2.24. The van der Waals surface area contributed by atoms with E-state index in [4.69, 9.17) is 0 Å². The summed E-state index contributed by atoms with van der Waals surface area (Å²) in [5, 5.41) is 0. The van der Waals surface area contributed by atoms with Crippen LogP contribution >= 0.6 is 0 Å². The van der Waals surface area contributed by atoms with E-state index in [9.17, 15) is 0 Å². The molecule has 0 aromatic heterocycles. The van der Waals surface area contributed by atoms with Gasteiger partial charge < -0.3 is 0 Å². The maximum Gasteiger partial charge on any atom is -0.0289 e. The summed E-state index contributed by atoms with van der Waals surface area (Å²) in [6.45, 7) is 7.15. The van der Waals surface area contributed by atoms with Crippen LogP contribution in [0.3, 0.4) is 0 Å². The van der Waals surface area contributed by atoms with Crippen molar-refractivity contribution in [3.8, 4) is 0 Å². The van der Waals surface area contributed by atoms with Gasteiger partial charge >= 0.3 is 0 Å². The summed E-state index contributed by atoms with van der Waals surface area (Å²) in [7, 11) is 0. The first-order valence-electron chi connectivity index (χ1n) is 13.1. The Bertz CT molecular complexity index is 443. The van der Waals surface area contributed by atoms with Crippen molar-refractivity contribution in [3.05, 3.63) is 23.8 Å². The molecule has 0 spiro atoms. The second-order valence-corrected chi connectivity index (χ2v) is 9.91. The van der Waals surface area contributed by atoms with Crippen LogP contribution in [-0.2, 0) is 0 Å². The van der Waals surface area contributed by atoms with Crippen LogP contribution in [-0.4, -0.2) is 0 Å². The lowest BCUT2D eigenvalue weighted by Crippen LogP contribution is -2.19. The van der Waals surface area contributed by atoms with Crippen LogP contribution in [0.1, 0.15) is 130 Å². The van der Waals surface area contributed by atoms with Crippen LogP contribution in [0.25, 0.3) is 0 Å². The average molecular weight is 387 g/mol. The van der Waals surface area contributed by atoms with Crippen molar-refractivity contribution < 1.29 is 0 Å². The molecule has 0 heteroatoms. The van der Waals surface area contributed by atoms with Crippen LogP contribution < -0.4 is 0 Å². The molecule has 2 unspecified atom stereocenters. The van der Waals surface area contributed by atoms with Crippen LogP contribution in [0, 0.1) is 23.7 Å². The molecular formula is C28H50. The number of hydrogen-bond acceptors (Lipinski definition) is 0. The van der Waals surface area contributed by atoms with E-state index in [2.05, 4.69) is 39.0 Å². The molecule has 0 saturated heterocycles. The predicted octanol–water partition coefficient (Wildman–Crippen LogP) is 9.65. The first kappa shape index (κ1) is 23.8. The van der Waals surface area contributed by atoms with Crippen molar-refractivity contribution in [2.24, 2.45) is 23.7 Å². The quantitative estimate of drug-likeness (QED) is 0.206. The molecule has 162 valence electrons. The van der Waals surface area contributed by atoms with E-state index in [1.807, 2.05) is 5.57 Å². The predicted molar refractivity (Wildman–Crippen MR) is 127 cm³/mol. The van der Waals surface area contributed by atoms with Crippen LogP contribution in [0.2, 0.25) is 0 Å². The minimum absolute atomic E-state index is 0.984. The van der Waals surface area contributed by atoms with Gasteiger partial charge in [0.2, 0.25) is 0 Å². The second-order valence-electron chi connectivity index (χ2n) is 9.91. The van der Waals surface area contributed by atoms with Gasteiger partial charge in [-0.05, 0) is 75.0 Å². The standard InChI is InChI=1S/C28H50/c1-4-7-18-25(6-3)26(15-5-2)19-11-8-10-16-24-17-14-22-28(23-24)27-20-12-9-13-21-27/h9,12,17,25-28H,4-8,10-11,13-16,18-23H2,1-3H3/t25-,26?,27?,28-/m0/s1. The number of allylic oxidation sites excluding steroid dienone is 4. The van der Waals surface area contributed by atoms with Crippen LogP contribution in [0.5, 0.6) is 0 Å². The Labute approximate surface area is 177 Å². The van der Waals surface area contributed by atoms with Gasteiger partial charge in [0, 0.05) is 0 Å². The molecule has 2 rings (SSSR count). The number of hydrogen-bond donors (Lipinski definition) is 0. The van der Waals surface area contributed by atoms with E-state index in [0.717, 1.165) is 23.7 Å². The molecule has 0 aromatic carbocycles. The third kappa shape index (κ3) is 8.46. The zero-order valence-corrected chi connectivity index (χ0v) is 19.6. The molecule has 28 heavy (non-hydrogen) atoms. The average Bonchev–Trinajstić information content (AvgIpc) is 2.74. The molecule has 0 aliphatic heterocycles. The van der Waals surface area contributed by atoms with Crippen molar-refractivity contribution in [2.75, 3.05) is 0 Å². The van der Waals surface area contributed by atoms with E-state index in [1.54, 1.807) is 0 Å². The number of rotatable bonds is 14. The lowest BCUT2D eigenvalue weighted by atomic mass is 9.74. The van der Waals surface area contributed by atoms with Gasteiger partial charge in [-0.15, -0.1) is 0 Å². The van der Waals surface area contributed by atoms with E-state index in [1.165, 1.54) is 109 Å². The summed E-state index contributed by atoms with van der Waals surface area (Å²) < 4.78 is 0. The first-order valence-corrected chi connectivity index (χ1v) is 13.1. The van der Waals surface area contributed by atoms with Gasteiger partial charge in [-0.2, -0.15) is 0 Å². The zero-order valence-electron chi connectivity index (χ0n) is 19.6. The van der Waals surface area contributed by atoms with E-state index in [0.29, 0.717) is 0 Å². The minimum atomic E-state index is 0.984. The van der Waals surface area contributed by atoms with Gasteiger partial charge in [-0.1, -0.05) is 102 Å². The highest BCUT2D eigenvalue weighted by atomic mass is 14.3. The lowest BCUT2D eigenvalue weighted by Gasteiger charge is -2.31. The molecule has 0 N–H and O–H groups in total. The Morgan fingerprint density at radius 2 is 1.61 bits per heavy atom. The van der Waals surface area contributed by atoms with E-state index in [-0.39, 0.29) is 0 Å². The summed E-state index contributed by atoms with van der Waals surface area (Å²) in [6.07, 6.45) is 31.6. The molecule has 2 aliphatic carbocycles. The van der Waals surface area contributed by atoms with Crippen molar-refractivity contribution >= 4 is 0 Å². The Kier molecular flexibility index (Phi) is 12.3. The van der Waals surface area contributed by atoms with Crippen molar-refractivity contribution in [3.63, 3.8) is 0 Å². The van der Waals surface area contributed by atoms with E-state index < -0.39 is 0 Å². The lowest BCUT2D eigenvalue weighted by molar-refractivity contribution is 0.255. The Morgan fingerprint density at radius 1 is 0.786 bits per heavy atom. The maximum absolute atomic E-state index is 2.60. The highest BCUT2D eigenvalue weighted by molar-refractivity contribution is 5.08. The SMILES string of the molecule is CCCC[C@H](CC)C(CCC)CCCCCC1=CCC[C@H](C2CC=CCC2)C1. The summed E-state index contributed by atoms with van der Waals surface area (Å²) in [5.41, 5.74) is 1.81. The van der Waals surface area contributed by atoms with Gasteiger partial charge in [0.25, 0.3) is 0 Å². The van der Waals surface area contributed by atoms with Gasteiger partial charge in [-0.3, -0.25) is 0 Å². The molecular weight excluding hydrogens is 336 g/mol. The second kappa shape index (κ2) is 14.5. The number of unbranched alkanes of at least 4 members (excludes halogenated alkanes) is 3. The molecule has 0 bridgehead atoms. The molecule has 0 amide bonds. The minimum Gasteiger partial charge on any atom is -0.0885 e. The van der Waals surface area contributed by atoms with Gasteiger partial charge in [0.15, 0.2) is 0 Å². The Balaban J connectivity index is 1.65. The summed E-state index contributed by atoms with van der Waals surface area (Å²) in [6, 6.07) is 0. The maximum atomic E-state index is 2.60. The highest BCUT2D eigenvalue weighted by Crippen LogP contribution is 2.38. The monoisotopic (exact) mass is 386 g/mol. The Hall–Kier alpha value is -0.520. The zero-order chi connectivity index (χ0) is 20.0. The smallest absolute Gasteiger partial charge is 0.0289 e. The molecule has 4 atom stereocenters. The third-order valence-electron chi connectivity index (χ3n) is 7.82. The molecule has 0 aromatic rings. The van der Waals surface area contributed by atoms with Gasteiger partial charge in [0.1, 0.15) is 0 Å². The van der Waals surface area contributed by atoms with E-state index >= 15 is 0 Å². The largest absolute Gasteiger partial charge is 0.0885 e. The van der Waals surface area contributed by atoms with Gasteiger partial charge in [-0.25, -0.2) is 0 Å². The fraction of sp³-hybridized carbons (Fsp3) is 0.857. The third-order valence-corrected chi connectivity index (χ3v) is 7.82. The summed E-state index contributed by atoms with van der Waals surface area (Å²) in [4.78, 5) is 0. The van der Waals surface area contributed by atoms with Crippen LogP contribution in [0.15, 0.2) is 23.8 Å². The molecule has 2 aliphatic rings. The van der Waals surface area contributed by atoms with Crippen molar-refractivity contribution in [1.82, 2.24) is 0 Å². The van der Waals surface area contributed by atoms with Crippen molar-refractivity contribution in [1.29, 1.82) is 0 Å². The molecule has 0 radical (unpaired) electrons. The molecule has 0 nitrogen and oxygen atoms in total. The summed E-state index contributed by atoms with van der Waals surface area (Å²) in [5.74, 6) is 3.96. The molecule has 0 fully saturated rings. The fourth-order valence-electron chi connectivity index (χ4n) is 6.04.